The number of benzene rings is 1. The highest BCUT2D eigenvalue weighted by molar-refractivity contribution is 7.19. The van der Waals surface area contributed by atoms with Crippen LogP contribution in [0.25, 0.3) is 21.7 Å². The molecule has 28 heavy (non-hydrogen) atoms. The van der Waals surface area contributed by atoms with Crippen molar-refractivity contribution in [3.05, 3.63) is 63.4 Å². The number of hydrogen-bond acceptors (Lipinski definition) is 5. The van der Waals surface area contributed by atoms with E-state index in [-0.39, 0.29) is 5.97 Å². The number of fused-ring (bicyclic) bond motifs is 1. The van der Waals surface area contributed by atoms with Crippen molar-refractivity contribution in [3.63, 3.8) is 0 Å². The van der Waals surface area contributed by atoms with Crippen molar-refractivity contribution >= 4 is 39.1 Å². The molecule has 0 saturated carbocycles. The number of halogens is 1. The molecule has 0 spiro atoms. The summed E-state index contributed by atoms with van der Waals surface area (Å²) in [4.78, 5) is 18.2. The molecule has 0 aliphatic rings. The molecule has 0 aliphatic heterocycles. The van der Waals surface area contributed by atoms with E-state index in [1.807, 2.05) is 29.7 Å². The van der Waals surface area contributed by atoms with E-state index in [2.05, 4.69) is 18.0 Å². The van der Waals surface area contributed by atoms with Gasteiger partial charge in [-0.15, -0.1) is 11.3 Å². The molecule has 0 bridgehead atoms. The van der Waals surface area contributed by atoms with Gasteiger partial charge in [-0.25, -0.2) is 9.78 Å². The van der Waals surface area contributed by atoms with Crippen LogP contribution in [0.15, 0.2) is 40.8 Å². The highest BCUT2D eigenvalue weighted by Gasteiger charge is 2.21. The maximum atomic E-state index is 12.3. The summed E-state index contributed by atoms with van der Waals surface area (Å²) in [5, 5.41) is 0.661. The Bertz CT molecular complexity index is 1150. The third-order valence-electron chi connectivity index (χ3n) is 4.68. The van der Waals surface area contributed by atoms with Gasteiger partial charge in [0.1, 0.15) is 17.1 Å². The van der Waals surface area contributed by atoms with Crippen LogP contribution < -0.4 is 0 Å². The zero-order chi connectivity index (χ0) is 19.8. The van der Waals surface area contributed by atoms with Crippen molar-refractivity contribution in [2.75, 3.05) is 7.11 Å². The monoisotopic (exact) mass is 414 g/mol. The number of carbonyl (C=O) groups is 1. The fraction of sp³-hybridized carbons (Fsp3) is 0.238. The van der Waals surface area contributed by atoms with Crippen LogP contribution in [0.3, 0.4) is 0 Å². The molecule has 0 saturated heterocycles. The SMILES string of the molecule is CCc1cc2c(cc(C(=O)OC)n2Cc2nc(-c3ccc(Cl)cc3)oc2C)s1. The lowest BCUT2D eigenvalue weighted by atomic mass is 10.2. The maximum absolute atomic E-state index is 12.3. The molecule has 3 aromatic heterocycles. The molecular formula is C21H19ClN2O3S. The Hall–Kier alpha value is -2.57. The summed E-state index contributed by atoms with van der Waals surface area (Å²) in [7, 11) is 1.39. The van der Waals surface area contributed by atoms with Gasteiger partial charge in [0.2, 0.25) is 5.89 Å². The summed E-state index contributed by atoms with van der Waals surface area (Å²) in [5.41, 5.74) is 3.16. The largest absolute Gasteiger partial charge is 0.464 e. The van der Waals surface area contributed by atoms with Crippen molar-refractivity contribution < 1.29 is 13.9 Å². The van der Waals surface area contributed by atoms with Crippen LogP contribution in [-0.4, -0.2) is 22.6 Å². The van der Waals surface area contributed by atoms with Crippen LogP contribution in [-0.2, 0) is 17.7 Å². The highest BCUT2D eigenvalue weighted by Crippen LogP contribution is 2.31. The second-order valence-electron chi connectivity index (χ2n) is 6.45. The summed E-state index contributed by atoms with van der Waals surface area (Å²) in [6, 6.07) is 11.4. The smallest absolute Gasteiger partial charge is 0.354 e. The minimum atomic E-state index is -0.361. The molecule has 0 radical (unpaired) electrons. The minimum Gasteiger partial charge on any atom is -0.464 e. The average Bonchev–Trinajstić information content (AvgIpc) is 3.36. The Balaban J connectivity index is 1.76. The molecule has 144 valence electrons. The van der Waals surface area contributed by atoms with E-state index in [1.54, 1.807) is 23.5 Å². The number of esters is 1. The van der Waals surface area contributed by atoms with Crippen LogP contribution in [0.2, 0.25) is 5.02 Å². The molecule has 5 nitrogen and oxygen atoms in total. The Morgan fingerprint density at radius 2 is 2.04 bits per heavy atom. The first-order valence-electron chi connectivity index (χ1n) is 8.92. The van der Waals surface area contributed by atoms with Crippen molar-refractivity contribution in [1.82, 2.24) is 9.55 Å². The van der Waals surface area contributed by atoms with Gasteiger partial charge < -0.3 is 13.7 Å². The van der Waals surface area contributed by atoms with Gasteiger partial charge in [-0.3, -0.25) is 0 Å². The van der Waals surface area contributed by atoms with E-state index < -0.39 is 0 Å². The average molecular weight is 415 g/mol. The lowest BCUT2D eigenvalue weighted by Crippen LogP contribution is -2.12. The van der Waals surface area contributed by atoms with Gasteiger partial charge in [-0.1, -0.05) is 18.5 Å². The molecule has 0 unspecified atom stereocenters. The van der Waals surface area contributed by atoms with E-state index >= 15 is 0 Å². The third-order valence-corrected chi connectivity index (χ3v) is 6.14. The highest BCUT2D eigenvalue weighted by atomic mass is 35.5. The normalized spacial score (nSPS) is 11.3. The van der Waals surface area contributed by atoms with E-state index in [1.165, 1.54) is 12.0 Å². The number of nitrogens with zero attached hydrogens (tertiary/aromatic N) is 2. The second kappa shape index (κ2) is 7.45. The Morgan fingerprint density at radius 3 is 2.71 bits per heavy atom. The molecule has 4 aromatic rings. The summed E-state index contributed by atoms with van der Waals surface area (Å²) in [5.74, 6) is 0.890. The lowest BCUT2D eigenvalue weighted by molar-refractivity contribution is 0.0589. The van der Waals surface area contributed by atoms with Gasteiger partial charge in [0.05, 0.1) is 23.9 Å². The van der Waals surface area contributed by atoms with Gasteiger partial charge in [0.25, 0.3) is 0 Å². The van der Waals surface area contributed by atoms with Gasteiger partial charge >= 0.3 is 5.97 Å². The number of methoxy groups -OCH3 is 1. The summed E-state index contributed by atoms with van der Waals surface area (Å²) >= 11 is 7.66. The number of aromatic nitrogens is 2. The number of ether oxygens (including phenoxy) is 1. The molecule has 0 aliphatic carbocycles. The first kappa shape index (κ1) is 18.8. The zero-order valence-corrected chi connectivity index (χ0v) is 17.4. The molecule has 0 N–H and O–H groups in total. The summed E-state index contributed by atoms with van der Waals surface area (Å²) in [6.45, 7) is 4.43. The third kappa shape index (κ3) is 3.34. The summed E-state index contributed by atoms with van der Waals surface area (Å²) < 4.78 is 13.9. The van der Waals surface area contributed by atoms with Gasteiger partial charge in [-0.05, 0) is 49.7 Å². The first-order valence-corrected chi connectivity index (χ1v) is 10.1. The topological polar surface area (TPSA) is 57.3 Å². The molecule has 0 amide bonds. The Labute approximate surface area is 171 Å². The standard InChI is InChI=1S/C21H19ClN2O3S/c1-4-15-9-17-19(28-15)10-18(21(25)26-3)24(17)11-16-12(2)27-20(23-16)13-5-7-14(22)8-6-13/h5-10H,4,11H2,1-3H3. The maximum Gasteiger partial charge on any atom is 0.354 e. The van der Waals surface area contributed by atoms with E-state index in [9.17, 15) is 4.79 Å². The number of oxazole rings is 1. The number of hydrogen-bond donors (Lipinski definition) is 0. The Kier molecular flexibility index (Phi) is 5.00. The molecular weight excluding hydrogens is 396 g/mol. The van der Waals surface area contributed by atoms with Gasteiger partial charge in [0.15, 0.2) is 0 Å². The molecule has 7 heteroatoms. The van der Waals surface area contributed by atoms with Gasteiger partial charge in [0, 0.05) is 15.5 Å². The van der Waals surface area contributed by atoms with Crippen molar-refractivity contribution in [2.45, 2.75) is 26.8 Å². The number of thiophene rings is 1. The van der Waals surface area contributed by atoms with Crippen LogP contribution in [0.5, 0.6) is 0 Å². The molecule has 1 aromatic carbocycles. The predicted molar refractivity (Wildman–Crippen MR) is 111 cm³/mol. The zero-order valence-electron chi connectivity index (χ0n) is 15.8. The molecule has 3 heterocycles. The quantitative estimate of drug-likeness (QED) is 0.392. The predicted octanol–water partition coefficient (Wildman–Crippen LogP) is 5.72. The molecule has 4 rings (SSSR count). The number of aryl methyl sites for hydroxylation is 2. The second-order valence-corrected chi connectivity index (χ2v) is 8.06. The van der Waals surface area contributed by atoms with Crippen LogP contribution in [0.4, 0.5) is 0 Å². The van der Waals surface area contributed by atoms with Crippen molar-refractivity contribution in [1.29, 1.82) is 0 Å². The Morgan fingerprint density at radius 1 is 1.29 bits per heavy atom. The molecule has 0 fully saturated rings. The van der Waals surface area contributed by atoms with E-state index in [0.29, 0.717) is 28.9 Å². The lowest BCUT2D eigenvalue weighted by Gasteiger charge is -2.07. The van der Waals surface area contributed by atoms with Crippen LogP contribution in [0.1, 0.15) is 33.7 Å². The van der Waals surface area contributed by atoms with Gasteiger partial charge in [-0.2, -0.15) is 0 Å². The minimum absolute atomic E-state index is 0.361. The van der Waals surface area contributed by atoms with E-state index in [4.69, 9.17) is 20.8 Å². The molecule has 0 atom stereocenters. The fourth-order valence-corrected chi connectivity index (χ4v) is 4.32. The fourth-order valence-electron chi connectivity index (χ4n) is 3.15. The summed E-state index contributed by atoms with van der Waals surface area (Å²) in [6.07, 6.45) is 0.955. The van der Waals surface area contributed by atoms with Crippen molar-refractivity contribution in [3.8, 4) is 11.5 Å². The number of rotatable bonds is 5. The van der Waals surface area contributed by atoms with Crippen LogP contribution in [0, 0.1) is 6.92 Å². The number of carbonyl (C=O) groups excluding carboxylic acids is 1. The van der Waals surface area contributed by atoms with E-state index in [0.717, 1.165) is 27.9 Å². The van der Waals surface area contributed by atoms with Crippen LogP contribution >= 0.6 is 22.9 Å². The van der Waals surface area contributed by atoms with Crippen molar-refractivity contribution in [2.24, 2.45) is 0 Å². The first-order chi connectivity index (χ1) is 13.5.